The third-order valence-electron chi connectivity index (χ3n) is 4.33. The van der Waals surface area contributed by atoms with Gasteiger partial charge in [-0.3, -0.25) is 0 Å². The third-order valence-corrected chi connectivity index (χ3v) is 5.31. The summed E-state index contributed by atoms with van der Waals surface area (Å²) in [5.74, 6) is 2.86. The van der Waals surface area contributed by atoms with Gasteiger partial charge in [0.05, 0.1) is 11.7 Å². The summed E-state index contributed by atoms with van der Waals surface area (Å²) >= 11 is 2.03. The lowest BCUT2D eigenvalue weighted by molar-refractivity contribution is -0.121. The Labute approximate surface area is 115 Å². The average molecular weight is 274 g/mol. The Morgan fingerprint density at radius 3 is 2.94 bits per heavy atom. The first-order valence-electron chi connectivity index (χ1n) is 7.14. The van der Waals surface area contributed by atoms with Crippen molar-refractivity contribution in [1.82, 2.24) is 0 Å². The fraction of sp³-hybridized carbons (Fsp3) is 1.00. The number of ether oxygens (including phenoxy) is 2. The van der Waals surface area contributed by atoms with Crippen LogP contribution in [0.1, 0.15) is 38.5 Å². The van der Waals surface area contributed by atoms with Crippen LogP contribution >= 0.6 is 11.8 Å². The fourth-order valence-electron chi connectivity index (χ4n) is 3.16. The molecule has 0 aromatic heterocycles. The molecule has 2 heterocycles. The standard InChI is InChI=1S/C14H26O3S/c1-16-7-2-3-13(15)12-4-8-17-14(11-12)5-9-18-10-6-14/h12-13,15H,2-11H2,1H3. The smallest absolute Gasteiger partial charge is 0.0701 e. The number of methoxy groups -OCH3 is 1. The van der Waals surface area contributed by atoms with Crippen molar-refractivity contribution in [3.8, 4) is 0 Å². The van der Waals surface area contributed by atoms with Crippen molar-refractivity contribution in [2.24, 2.45) is 5.92 Å². The molecule has 0 radical (unpaired) electrons. The predicted octanol–water partition coefficient (Wildman–Crippen LogP) is 2.47. The van der Waals surface area contributed by atoms with Crippen LogP contribution in [0.2, 0.25) is 0 Å². The average Bonchev–Trinajstić information content (AvgIpc) is 2.40. The second-order valence-corrected chi connectivity index (χ2v) is 6.82. The zero-order valence-corrected chi connectivity index (χ0v) is 12.2. The van der Waals surface area contributed by atoms with Crippen molar-refractivity contribution in [3.63, 3.8) is 0 Å². The van der Waals surface area contributed by atoms with Gasteiger partial charge in [-0.15, -0.1) is 0 Å². The summed E-state index contributed by atoms with van der Waals surface area (Å²) in [6, 6.07) is 0. The van der Waals surface area contributed by atoms with Crippen LogP contribution in [0, 0.1) is 5.92 Å². The van der Waals surface area contributed by atoms with Crippen LogP contribution in [0.4, 0.5) is 0 Å². The van der Waals surface area contributed by atoms with Crippen molar-refractivity contribution in [2.75, 3.05) is 31.8 Å². The minimum atomic E-state index is -0.171. The van der Waals surface area contributed by atoms with E-state index in [4.69, 9.17) is 9.47 Å². The second-order valence-electron chi connectivity index (χ2n) is 5.60. The summed E-state index contributed by atoms with van der Waals surface area (Å²) in [6.07, 6.45) is 6.06. The van der Waals surface area contributed by atoms with E-state index in [9.17, 15) is 5.11 Å². The van der Waals surface area contributed by atoms with E-state index in [1.54, 1.807) is 7.11 Å². The maximum absolute atomic E-state index is 10.3. The molecule has 106 valence electrons. The van der Waals surface area contributed by atoms with Crippen molar-refractivity contribution < 1.29 is 14.6 Å². The summed E-state index contributed by atoms with van der Waals surface area (Å²) in [5, 5.41) is 10.3. The minimum Gasteiger partial charge on any atom is -0.393 e. The maximum atomic E-state index is 10.3. The Kier molecular flexibility index (Phi) is 5.80. The Morgan fingerprint density at radius 1 is 1.44 bits per heavy atom. The Hall–Kier alpha value is 0.230. The van der Waals surface area contributed by atoms with E-state index in [-0.39, 0.29) is 11.7 Å². The van der Waals surface area contributed by atoms with Gasteiger partial charge in [0.15, 0.2) is 0 Å². The number of aliphatic hydroxyl groups excluding tert-OH is 1. The summed E-state index contributed by atoms with van der Waals surface area (Å²) < 4.78 is 11.1. The van der Waals surface area contributed by atoms with Crippen LogP contribution in [0.25, 0.3) is 0 Å². The molecule has 0 saturated carbocycles. The summed E-state index contributed by atoms with van der Waals surface area (Å²) in [5.41, 5.74) is 0.0937. The van der Waals surface area contributed by atoms with Crippen LogP contribution in [0.3, 0.4) is 0 Å². The van der Waals surface area contributed by atoms with Crippen molar-refractivity contribution in [1.29, 1.82) is 0 Å². The molecule has 0 amide bonds. The zero-order chi connectivity index (χ0) is 12.8. The molecule has 18 heavy (non-hydrogen) atoms. The molecule has 2 atom stereocenters. The lowest BCUT2D eigenvalue weighted by Gasteiger charge is -2.44. The third kappa shape index (κ3) is 3.86. The highest BCUT2D eigenvalue weighted by molar-refractivity contribution is 7.99. The van der Waals surface area contributed by atoms with E-state index in [2.05, 4.69) is 0 Å². The van der Waals surface area contributed by atoms with Gasteiger partial charge in [0, 0.05) is 20.3 Å². The van der Waals surface area contributed by atoms with E-state index in [0.29, 0.717) is 5.92 Å². The molecule has 2 rings (SSSR count). The first kappa shape index (κ1) is 14.6. The molecule has 0 aromatic carbocycles. The zero-order valence-electron chi connectivity index (χ0n) is 11.4. The normalized spacial score (nSPS) is 29.3. The molecule has 2 unspecified atom stereocenters. The summed E-state index contributed by atoms with van der Waals surface area (Å²) in [7, 11) is 1.72. The van der Waals surface area contributed by atoms with Crippen molar-refractivity contribution in [3.05, 3.63) is 0 Å². The highest BCUT2D eigenvalue weighted by Crippen LogP contribution is 2.41. The molecule has 0 bridgehead atoms. The Balaban J connectivity index is 1.81. The van der Waals surface area contributed by atoms with Gasteiger partial charge in [-0.1, -0.05) is 0 Å². The lowest BCUT2D eigenvalue weighted by Crippen LogP contribution is -2.45. The number of rotatable bonds is 5. The van der Waals surface area contributed by atoms with E-state index >= 15 is 0 Å². The lowest BCUT2D eigenvalue weighted by atomic mass is 9.78. The van der Waals surface area contributed by atoms with Gasteiger partial charge in [-0.2, -0.15) is 11.8 Å². The molecule has 1 spiro atoms. The van der Waals surface area contributed by atoms with Crippen LogP contribution in [-0.2, 0) is 9.47 Å². The highest BCUT2D eigenvalue weighted by Gasteiger charge is 2.40. The molecule has 1 N–H and O–H groups in total. The van der Waals surface area contributed by atoms with E-state index < -0.39 is 0 Å². The first-order chi connectivity index (χ1) is 8.76. The number of thioether (sulfide) groups is 1. The quantitative estimate of drug-likeness (QED) is 0.782. The summed E-state index contributed by atoms with van der Waals surface area (Å²) in [6.45, 7) is 1.58. The van der Waals surface area contributed by atoms with Crippen LogP contribution in [0.15, 0.2) is 0 Å². The van der Waals surface area contributed by atoms with Crippen molar-refractivity contribution >= 4 is 11.8 Å². The van der Waals surface area contributed by atoms with Gasteiger partial charge in [0.25, 0.3) is 0 Å². The molecule has 3 nitrogen and oxygen atoms in total. The number of hydrogen-bond donors (Lipinski definition) is 1. The fourth-order valence-corrected chi connectivity index (χ4v) is 4.40. The van der Waals surface area contributed by atoms with Crippen LogP contribution in [-0.4, -0.2) is 48.6 Å². The van der Waals surface area contributed by atoms with E-state index in [0.717, 1.165) is 38.9 Å². The highest BCUT2D eigenvalue weighted by atomic mass is 32.2. The van der Waals surface area contributed by atoms with Crippen molar-refractivity contribution in [2.45, 2.75) is 50.2 Å². The molecule has 2 aliphatic heterocycles. The van der Waals surface area contributed by atoms with Gasteiger partial charge in [-0.05, 0) is 55.9 Å². The molecular weight excluding hydrogens is 248 g/mol. The van der Waals surface area contributed by atoms with Gasteiger partial charge in [0.2, 0.25) is 0 Å². The second kappa shape index (κ2) is 7.13. The van der Waals surface area contributed by atoms with E-state index in [1.165, 1.54) is 24.3 Å². The molecule has 2 aliphatic rings. The predicted molar refractivity (Wildman–Crippen MR) is 75.1 cm³/mol. The largest absolute Gasteiger partial charge is 0.393 e. The topological polar surface area (TPSA) is 38.7 Å². The number of hydrogen-bond acceptors (Lipinski definition) is 4. The van der Waals surface area contributed by atoms with Crippen LogP contribution < -0.4 is 0 Å². The molecule has 0 aromatic rings. The maximum Gasteiger partial charge on any atom is 0.0701 e. The number of aliphatic hydroxyl groups is 1. The Morgan fingerprint density at radius 2 is 2.22 bits per heavy atom. The monoisotopic (exact) mass is 274 g/mol. The Bertz CT molecular complexity index is 236. The van der Waals surface area contributed by atoms with Gasteiger partial charge < -0.3 is 14.6 Å². The van der Waals surface area contributed by atoms with E-state index in [1.807, 2.05) is 11.8 Å². The van der Waals surface area contributed by atoms with Crippen LogP contribution in [0.5, 0.6) is 0 Å². The first-order valence-corrected chi connectivity index (χ1v) is 8.30. The van der Waals surface area contributed by atoms with Gasteiger partial charge in [0.1, 0.15) is 0 Å². The van der Waals surface area contributed by atoms with Gasteiger partial charge >= 0.3 is 0 Å². The molecule has 0 aliphatic carbocycles. The van der Waals surface area contributed by atoms with Gasteiger partial charge in [-0.25, -0.2) is 0 Å². The minimum absolute atomic E-state index is 0.0937. The molecular formula is C14H26O3S. The summed E-state index contributed by atoms with van der Waals surface area (Å²) in [4.78, 5) is 0. The SMILES string of the molecule is COCCCC(O)C1CCOC2(CCSCC2)C1. The molecule has 2 fully saturated rings. The molecule has 2 saturated heterocycles. The molecule has 4 heteroatoms.